The van der Waals surface area contributed by atoms with E-state index in [0.717, 1.165) is 0 Å². The molecular formula is C5H10IN2O4P2+. The first-order valence-electron chi connectivity index (χ1n) is 3.53. The predicted molar refractivity (Wildman–Crippen MR) is 63.1 cm³/mol. The average molecular weight is 351 g/mol. The molecule has 14 heavy (non-hydrogen) atoms. The minimum Gasteiger partial charge on any atom is -0.370 e. The van der Waals surface area contributed by atoms with Gasteiger partial charge in [0, 0.05) is 12.4 Å². The molecule has 1 aromatic heterocycles. The van der Waals surface area contributed by atoms with Crippen LogP contribution >= 0.6 is 36.2 Å². The Balaban J connectivity index is 2.82. The summed E-state index contributed by atoms with van der Waals surface area (Å²) in [5.41, 5.74) is 0. The van der Waals surface area contributed by atoms with Gasteiger partial charge in [0.05, 0.1) is 15.1 Å². The van der Waals surface area contributed by atoms with Crippen molar-refractivity contribution in [2.45, 2.75) is 11.6 Å². The summed E-state index contributed by atoms with van der Waals surface area (Å²) in [6.45, 7) is -0.0916. The summed E-state index contributed by atoms with van der Waals surface area (Å²) in [6, 6.07) is 0. The third-order valence-corrected chi connectivity index (χ3v) is 8.21. The maximum atomic E-state index is 9.78. The van der Waals surface area contributed by atoms with Gasteiger partial charge in [-0.05, 0) is 0 Å². The fourth-order valence-corrected chi connectivity index (χ4v) is 3.36. The van der Waals surface area contributed by atoms with Crippen LogP contribution in [0.25, 0.3) is 0 Å². The SMILES string of the molecule is OPC(O)(Cn1ccnc1)[P+](O)(O)I. The average Bonchev–Trinajstić information content (AvgIpc) is 2.54. The van der Waals surface area contributed by atoms with Gasteiger partial charge < -0.3 is 14.6 Å². The first kappa shape index (κ1) is 12.7. The highest BCUT2D eigenvalue weighted by atomic mass is 127. The molecule has 0 saturated carbocycles. The van der Waals surface area contributed by atoms with E-state index in [-0.39, 0.29) is 6.54 Å². The Bertz CT molecular complexity index is 290. The topological polar surface area (TPSA) is 98.7 Å². The van der Waals surface area contributed by atoms with Crippen molar-refractivity contribution >= 4 is 36.2 Å². The van der Waals surface area contributed by atoms with Gasteiger partial charge in [0.2, 0.25) is 22.0 Å². The van der Waals surface area contributed by atoms with Gasteiger partial charge in [0.1, 0.15) is 6.54 Å². The third-order valence-electron chi connectivity index (χ3n) is 1.61. The van der Waals surface area contributed by atoms with Crippen molar-refractivity contribution in [2.75, 3.05) is 0 Å². The van der Waals surface area contributed by atoms with Crippen molar-refractivity contribution in [2.24, 2.45) is 0 Å². The highest BCUT2D eigenvalue weighted by Gasteiger charge is 2.57. The predicted octanol–water partition coefficient (Wildman–Crippen LogP) is 0.297. The molecule has 0 fully saturated rings. The lowest BCUT2D eigenvalue weighted by molar-refractivity contribution is 0.164. The summed E-state index contributed by atoms with van der Waals surface area (Å²) in [5.74, 6) is 0. The Morgan fingerprint density at radius 1 is 1.57 bits per heavy atom. The molecule has 0 aliphatic carbocycles. The molecule has 2 atom stereocenters. The van der Waals surface area contributed by atoms with E-state index in [0.29, 0.717) is 0 Å². The Morgan fingerprint density at radius 2 is 2.21 bits per heavy atom. The normalized spacial score (nSPS) is 17.5. The van der Waals surface area contributed by atoms with E-state index < -0.39 is 19.2 Å². The van der Waals surface area contributed by atoms with Crippen LogP contribution in [0.2, 0.25) is 0 Å². The third kappa shape index (κ3) is 2.82. The fourth-order valence-electron chi connectivity index (χ4n) is 0.824. The molecule has 6 nitrogen and oxygen atoms in total. The Morgan fingerprint density at radius 3 is 2.57 bits per heavy atom. The van der Waals surface area contributed by atoms with Crippen molar-refractivity contribution in [3.8, 4) is 0 Å². The highest BCUT2D eigenvalue weighted by Crippen LogP contribution is 2.73. The standard InChI is InChI=1S/C5H10IN2O4P2/c6-14(11,12)5(9,13-10)3-8-2-1-7-4-8/h1-2,4,9-13H,3H2/q+1. The molecular weight excluding hydrogens is 341 g/mol. The minimum atomic E-state index is -3.54. The van der Waals surface area contributed by atoms with E-state index in [9.17, 15) is 14.9 Å². The molecule has 1 heterocycles. The van der Waals surface area contributed by atoms with E-state index >= 15 is 0 Å². The molecule has 0 saturated heterocycles. The molecule has 4 N–H and O–H groups in total. The number of halogens is 1. The largest absolute Gasteiger partial charge is 0.370 e. The molecule has 0 aliphatic rings. The van der Waals surface area contributed by atoms with E-state index in [1.54, 1.807) is 6.20 Å². The van der Waals surface area contributed by atoms with Crippen LogP contribution in [-0.4, -0.2) is 34.4 Å². The lowest BCUT2D eigenvalue weighted by Gasteiger charge is -2.24. The number of imidazole rings is 1. The van der Waals surface area contributed by atoms with Crippen LogP contribution < -0.4 is 0 Å². The molecule has 9 heteroatoms. The van der Waals surface area contributed by atoms with E-state index in [4.69, 9.17) is 4.89 Å². The summed E-state index contributed by atoms with van der Waals surface area (Å²) in [5, 5.41) is 4.36. The smallest absolute Gasteiger partial charge is 0.368 e. The maximum absolute atomic E-state index is 9.78. The Hall–Kier alpha value is 0.640. The summed E-state index contributed by atoms with van der Waals surface area (Å²) in [6.07, 6.45) is 4.50. The highest BCUT2D eigenvalue weighted by molar-refractivity contribution is 14.2. The van der Waals surface area contributed by atoms with E-state index in [1.807, 2.05) is 0 Å². The Kier molecular flexibility index (Phi) is 4.22. The van der Waals surface area contributed by atoms with E-state index in [2.05, 4.69) is 4.98 Å². The second-order valence-electron chi connectivity index (χ2n) is 2.69. The molecule has 1 rings (SSSR count). The van der Waals surface area contributed by atoms with Crippen LogP contribution in [0, 0.1) is 0 Å². The molecule has 0 aliphatic heterocycles. The number of rotatable bonds is 4. The maximum Gasteiger partial charge on any atom is 0.368 e. The quantitative estimate of drug-likeness (QED) is 0.462. The Labute approximate surface area is 95.8 Å². The number of hydrogen-bond donors (Lipinski definition) is 4. The minimum absolute atomic E-state index is 0.0916. The summed E-state index contributed by atoms with van der Waals surface area (Å²) >= 11 is 1.37. The molecule has 0 aromatic carbocycles. The van der Waals surface area contributed by atoms with Crippen LogP contribution in [0.15, 0.2) is 18.7 Å². The zero-order valence-electron chi connectivity index (χ0n) is 6.95. The van der Waals surface area contributed by atoms with Gasteiger partial charge in [-0.3, -0.25) is 0 Å². The molecule has 80 valence electrons. The fraction of sp³-hybridized carbons (Fsp3) is 0.400. The lowest BCUT2D eigenvalue weighted by atomic mass is 10.6. The van der Waals surface area contributed by atoms with Crippen molar-refractivity contribution in [3.63, 3.8) is 0 Å². The van der Waals surface area contributed by atoms with Gasteiger partial charge in [0.15, 0.2) is 0 Å². The molecule has 0 amide bonds. The second kappa shape index (κ2) is 4.65. The monoisotopic (exact) mass is 351 g/mol. The van der Waals surface area contributed by atoms with Crippen LogP contribution in [0.1, 0.15) is 0 Å². The molecule has 0 radical (unpaired) electrons. The van der Waals surface area contributed by atoms with Crippen molar-refractivity contribution in [3.05, 3.63) is 18.7 Å². The zero-order valence-corrected chi connectivity index (χ0v) is 11.0. The number of hydrogen-bond acceptors (Lipinski definition) is 5. The van der Waals surface area contributed by atoms with Crippen LogP contribution in [0.3, 0.4) is 0 Å². The van der Waals surface area contributed by atoms with Gasteiger partial charge in [-0.25, -0.2) is 14.8 Å². The van der Waals surface area contributed by atoms with Gasteiger partial charge in [-0.1, -0.05) is 0 Å². The summed E-state index contributed by atoms with van der Waals surface area (Å²) in [4.78, 5) is 31.4. The van der Waals surface area contributed by atoms with Crippen molar-refractivity contribution in [1.82, 2.24) is 9.55 Å². The molecule has 2 unspecified atom stereocenters. The van der Waals surface area contributed by atoms with Gasteiger partial charge in [-0.2, -0.15) is 0 Å². The van der Waals surface area contributed by atoms with Crippen molar-refractivity contribution < 1.29 is 19.8 Å². The molecule has 0 bridgehead atoms. The zero-order chi connectivity index (χ0) is 10.8. The van der Waals surface area contributed by atoms with Crippen LogP contribution in [0.5, 0.6) is 0 Å². The number of aliphatic hydroxyl groups is 1. The van der Waals surface area contributed by atoms with Gasteiger partial charge in [-0.15, -0.1) is 0 Å². The number of aromatic nitrogens is 2. The lowest BCUT2D eigenvalue weighted by Crippen LogP contribution is -2.29. The molecule has 1 aromatic rings. The second-order valence-corrected chi connectivity index (χ2v) is 9.99. The molecule has 0 spiro atoms. The van der Waals surface area contributed by atoms with Crippen LogP contribution in [0.4, 0.5) is 0 Å². The van der Waals surface area contributed by atoms with Gasteiger partial charge >= 0.3 is 5.36 Å². The van der Waals surface area contributed by atoms with Gasteiger partial charge in [0.25, 0.3) is 5.08 Å². The summed E-state index contributed by atoms with van der Waals surface area (Å²) < 4.78 is 1.48. The van der Waals surface area contributed by atoms with E-state index in [1.165, 1.54) is 39.1 Å². The first-order chi connectivity index (χ1) is 6.39. The van der Waals surface area contributed by atoms with Crippen LogP contribution in [-0.2, 0) is 6.54 Å². The van der Waals surface area contributed by atoms with Crippen molar-refractivity contribution in [1.29, 1.82) is 0 Å². The summed E-state index contributed by atoms with van der Waals surface area (Å²) in [7, 11) is -0.960. The number of nitrogens with zero attached hydrogens (tertiary/aromatic N) is 2. The first-order valence-corrected chi connectivity index (χ1v) is 8.95.